The molecule has 0 amide bonds. The van der Waals surface area contributed by atoms with Crippen LogP contribution in [0.1, 0.15) is 52.4 Å². The summed E-state index contributed by atoms with van der Waals surface area (Å²) in [6.07, 6.45) is 8.78. The molecular weight excluding hydrogens is 148 g/mol. The van der Waals surface area contributed by atoms with Crippen molar-refractivity contribution in [3.8, 4) is 0 Å². The summed E-state index contributed by atoms with van der Waals surface area (Å²) in [7, 11) is 0. The fourth-order valence-electron chi connectivity index (χ4n) is 2.23. The molecule has 0 aromatic carbocycles. The van der Waals surface area contributed by atoms with Gasteiger partial charge in [0.25, 0.3) is 0 Å². The molecule has 0 N–H and O–H groups in total. The normalized spacial score (nSPS) is 30.5. The first kappa shape index (κ1) is 10.0. The van der Waals surface area contributed by atoms with E-state index in [4.69, 9.17) is 4.74 Å². The van der Waals surface area contributed by atoms with Gasteiger partial charge >= 0.3 is 0 Å². The molecule has 1 rings (SSSR count). The molecule has 1 aliphatic rings. The largest absolute Gasteiger partial charge is 0.379 e. The summed E-state index contributed by atoms with van der Waals surface area (Å²) in [4.78, 5) is 0. The highest BCUT2D eigenvalue weighted by atomic mass is 16.5. The highest BCUT2D eigenvalue weighted by Crippen LogP contribution is 2.28. The molecule has 0 spiro atoms. The summed E-state index contributed by atoms with van der Waals surface area (Å²) >= 11 is 0. The van der Waals surface area contributed by atoms with Crippen LogP contribution in [-0.4, -0.2) is 12.7 Å². The Morgan fingerprint density at radius 1 is 1.08 bits per heavy atom. The molecule has 1 aliphatic carbocycles. The minimum atomic E-state index is 0.586. The van der Waals surface area contributed by atoms with Crippen LogP contribution < -0.4 is 0 Å². The molecule has 1 saturated carbocycles. The minimum Gasteiger partial charge on any atom is -0.379 e. The van der Waals surface area contributed by atoms with Gasteiger partial charge in [0.1, 0.15) is 0 Å². The number of rotatable bonds is 4. The van der Waals surface area contributed by atoms with Crippen LogP contribution in [0.25, 0.3) is 0 Å². The van der Waals surface area contributed by atoms with Crippen LogP contribution in [0.5, 0.6) is 0 Å². The van der Waals surface area contributed by atoms with Gasteiger partial charge in [-0.25, -0.2) is 0 Å². The molecule has 0 unspecified atom stereocenters. The van der Waals surface area contributed by atoms with E-state index in [1.165, 1.54) is 38.5 Å². The molecular formula is C11H22O. The van der Waals surface area contributed by atoms with Crippen molar-refractivity contribution in [3.05, 3.63) is 0 Å². The van der Waals surface area contributed by atoms with Crippen molar-refractivity contribution >= 4 is 0 Å². The quantitative estimate of drug-likeness (QED) is 0.628. The SMILES string of the molecule is CCCC1CCC(OCC)CC1. The maximum atomic E-state index is 5.61. The smallest absolute Gasteiger partial charge is 0.0575 e. The zero-order valence-electron chi connectivity index (χ0n) is 8.51. The molecule has 1 nitrogen and oxygen atoms in total. The molecule has 0 saturated heterocycles. The van der Waals surface area contributed by atoms with Crippen molar-refractivity contribution in [3.63, 3.8) is 0 Å². The van der Waals surface area contributed by atoms with Crippen LogP contribution in [0.4, 0.5) is 0 Å². The van der Waals surface area contributed by atoms with Crippen LogP contribution in [0, 0.1) is 5.92 Å². The summed E-state index contributed by atoms with van der Waals surface area (Å²) in [5, 5.41) is 0. The standard InChI is InChI=1S/C11H22O/c1-3-5-10-6-8-11(9-7-10)12-4-2/h10-11H,3-9H2,1-2H3. The van der Waals surface area contributed by atoms with Crippen molar-refractivity contribution < 1.29 is 4.74 Å². The fourth-order valence-corrected chi connectivity index (χ4v) is 2.23. The molecule has 0 aliphatic heterocycles. The van der Waals surface area contributed by atoms with E-state index in [-0.39, 0.29) is 0 Å². The van der Waals surface area contributed by atoms with Gasteiger partial charge in [-0.1, -0.05) is 19.8 Å². The van der Waals surface area contributed by atoms with Gasteiger partial charge in [0.15, 0.2) is 0 Å². The highest BCUT2D eigenvalue weighted by molar-refractivity contribution is 4.72. The van der Waals surface area contributed by atoms with E-state index in [9.17, 15) is 0 Å². The molecule has 1 heteroatoms. The van der Waals surface area contributed by atoms with Gasteiger partial charge in [-0.2, -0.15) is 0 Å². The van der Waals surface area contributed by atoms with Gasteiger partial charge in [0.2, 0.25) is 0 Å². The molecule has 12 heavy (non-hydrogen) atoms. The summed E-state index contributed by atoms with van der Waals surface area (Å²) < 4.78 is 5.61. The lowest BCUT2D eigenvalue weighted by atomic mass is 9.85. The maximum Gasteiger partial charge on any atom is 0.0575 e. The van der Waals surface area contributed by atoms with Gasteiger partial charge in [-0.05, 0) is 38.5 Å². The molecule has 72 valence electrons. The Morgan fingerprint density at radius 3 is 2.25 bits per heavy atom. The summed E-state index contributed by atoms with van der Waals surface area (Å²) in [6.45, 7) is 5.27. The third-order valence-electron chi connectivity index (χ3n) is 2.89. The van der Waals surface area contributed by atoms with E-state index in [2.05, 4.69) is 13.8 Å². The van der Waals surface area contributed by atoms with E-state index in [1.807, 2.05) is 0 Å². The molecule has 0 aromatic rings. The van der Waals surface area contributed by atoms with E-state index in [1.54, 1.807) is 0 Å². The predicted molar refractivity (Wildman–Crippen MR) is 52.3 cm³/mol. The minimum absolute atomic E-state index is 0.586. The first-order valence-corrected chi connectivity index (χ1v) is 5.48. The lowest BCUT2D eigenvalue weighted by Crippen LogP contribution is -2.21. The van der Waals surface area contributed by atoms with Crippen molar-refractivity contribution in [2.24, 2.45) is 5.92 Å². The zero-order chi connectivity index (χ0) is 8.81. The second kappa shape index (κ2) is 5.58. The summed E-state index contributed by atoms with van der Waals surface area (Å²) in [6, 6.07) is 0. The average Bonchev–Trinajstić information content (AvgIpc) is 2.09. The molecule has 0 aromatic heterocycles. The average molecular weight is 170 g/mol. The second-order valence-corrected chi connectivity index (χ2v) is 3.89. The van der Waals surface area contributed by atoms with Crippen molar-refractivity contribution in [2.45, 2.75) is 58.5 Å². The van der Waals surface area contributed by atoms with Gasteiger partial charge < -0.3 is 4.74 Å². The maximum absolute atomic E-state index is 5.61. The van der Waals surface area contributed by atoms with E-state index >= 15 is 0 Å². The third-order valence-corrected chi connectivity index (χ3v) is 2.89. The van der Waals surface area contributed by atoms with Crippen LogP contribution in [-0.2, 0) is 4.74 Å². The third kappa shape index (κ3) is 3.14. The van der Waals surface area contributed by atoms with Crippen LogP contribution >= 0.6 is 0 Å². The van der Waals surface area contributed by atoms with E-state index in [0.717, 1.165) is 12.5 Å². The lowest BCUT2D eigenvalue weighted by molar-refractivity contribution is 0.0247. The lowest BCUT2D eigenvalue weighted by Gasteiger charge is -2.27. The summed E-state index contributed by atoms with van der Waals surface area (Å²) in [5.41, 5.74) is 0. The van der Waals surface area contributed by atoms with Crippen LogP contribution in [0.3, 0.4) is 0 Å². The van der Waals surface area contributed by atoms with Crippen molar-refractivity contribution in [1.82, 2.24) is 0 Å². The van der Waals surface area contributed by atoms with E-state index in [0.29, 0.717) is 6.10 Å². The van der Waals surface area contributed by atoms with Crippen molar-refractivity contribution in [2.75, 3.05) is 6.61 Å². The monoisotopic (exact) mass is 170 g/mol. The van der Waals surface area contributed by atoms with Gasteiger partial charge in [-0.15, -0.1) is 0 Å². The Morgan fingerprint density at radius 2 is 1.75 bits per heavy atom. The Hall–Kier alpha value is -0.0400. The van der Waals surface area contributed by atoms with Crippen LogP contribution in [0.2, 0.25) is 0 Å². The predicted octanol–water partition coefficient (Wildman–Crippen LogP) is 3.38. The molecule has 0 radical (unpaired) electrons. The van der Waals surface area contributed by atoms with E-state index < -0.39 is 0 Å². The Kier molecular flexibility index (Phi) is 4.67. The van der Waals surface area contributed by atoms with Gasteiger partial charge in [0.05, 0.1) is 6.10 Å². The molecule has 0 heterocycles. The molecule has 0 bridgehead atoms. The number of ether oxygens (including phenoxy) is 1. The highest BCUT2D eigenvalue weighted by Gasteiger charge is 2.20. The first-order valence-electron chi connectivity index (χ1n) is 5.48. The number of hydrogen-bond acceptors (Lipinski definition) is 1. The molecule has 1 fully saturated rings. The van der Waals surface area contributed by atoms with Gasteiger partial charge in [0, 0.05) is 6.61 Å². The zero-order valence-corrected chi connectivity index (χ0v) is 8.51. The Bertz CT molecular complexity index is 89.6. The number of hydrogen-bond donors (Lipinski definition) is 0. The summed E-state index contributed by atoms with van der Waals surface area (Å²) in [5.74, 6) is 1.01. The topological polar surface area (TPSA) is 9.23 Å². The first-order chi connectivity index (χ1) is 5.86. The van der Waals surface area contributed by atoms with Crippen molar-refractivity contribution in [1.29, 1.82) is 0 Å². The fraction of sp³-hybridized carbons (Fsp3) is 1.00. The second-order valence-electron chi connectivity index (χ2n) is 3.89. The molecule has 0 atom stereocenters. The van der Waals surface area contributed by atoms with Gasteiger partial charge in [-0.3, -0.25) is 0 Å². The Balaban J connectivity index is 2.11. The Labute approximate surface area is 76.5 Å². The van der Waals surface area contributed by atoms with Crippen LogP contribution in [0.15, 0.2) is 0 Å².